The van der Waals surface area contributed by atoms with E-state index in [2.05, 4.69) is 4.72 Å². The second kappa shape index (κ2) is 7.09. The second-order valence-corrected chi connectivity index (χ2v) is 7.29. The number of hydrogen-bond donors (Lipinski definition) is 2. The van der Waals surface area contributed by atoms with Crippen molar-refractivity contribution in [1.29, 1.82) is 0 Å². The van der Waals surface area contributed by atoms with Gasteiger partial charge in [0.2, 0.25) is 10.0 Å². The van der Waals surface area contributed by atoms with E-state index in [0.717, 1.165) is 0 Å². The number of benzene rings is 1. The average Bonchev–Trinajstić information content (AvgIpc) is 2.41. The summed E-state index contributed by atoms with van der Waals surface area (Å²) in [6.07, 6.45) is 1.24. The van der Waals surface area contributed by atoms with Crippen molar-refractivity contribution < 1.29 is 8.42 Å². The Morgan fingerprint density at radius 1 is 1.20 bits per heavy atom. The van der Waals surface area contributed by atoms with Crippen LogP contribution in [0.3, 0.4) is 0 Å². The number of nitrogens with two attached hydrogens (primary N) is 1. The number of sulfonamides is 1. The third-order valence-corrected chi connectivity index (χ3v) is 5.63. The van der Waals surface area contributed by atoms with Crippen molar-refractivity contribution in [2.75, 3.05) is 6.54 Å². The molecule has 0 radical (unpaired) electrons. The summed E-state index contributed by atoms with van der Waals surface area (Å²) in [4.78, 5) is 0. The lowest BCUT2D eigenvalue weighted by Crippen LogP contribution is -2.53. The standard InChI is InChI=1S/C13H20Cl2N2O2S/c1-3-13(4-2,9-16)17-20(18,19)8-10-11(14)6-5-7-12(10)15/h5-7,17H,3-4,8-9,16H2,1-2H3. The van der Waals surface area contributed by atoms with Gasteiger partial charge in [0.05, 0.1) is 5.75 Å². The summed E-state index contributed by atoms with van der Waals surface area (Å²) in [7, 11) is -3.57. The zero-order valence-corrected chi connectivity index (χ0v) is 13.9. The van der Waals surface area contributed by atoms with Crippen LogP contribution in [0.4, 0.5) is 0 Å². The highest BCUT2D eigenvalue weighted by atomic mass is 35.5. The molecule has 0 aliphatic rings. The monoisotopic (exact) mass is 338 g/mol. The highest BCUT2D eigenvalue weighted by Crippen LogP contribution is 2.27. The predicted molar refractivity (Wildman–Crippen MR) is 84.6 cm³/mol. The normalized spacial score (nSPS) is 12.7. The van der Waals surface area contributed by atoms with Gasteiger partial charge in [-0.3, -0.25) is 0 Å². The summed E-state index contributed by atoms with van der Waals surface area (Å²) < 4.78 is 27.3. The fraction of sp³-hybridized carbons (Fsp3) is 0.538. The van der Waals surface area contributed by atoms with E-state index >= 15 is 0 Å². The molecule has 0 spiro atoms. The second-order valence-electron chi connectivity index (χ2n) is 4.75. The largest absolute Gasteiger partial charge is 0.329 e. The third kappa shape index (κ3) is 4.33. The van der Waals surface area contributed by atoms with Gasteiger partial charge in [-0.05, 0) is 25.0 Å². The fourth-order valence-electron chi connectivity index (χ4n) is 1.95. The van der Waals surface area contributed by atoms with Crippen molar-refractivity contribution in [2.45, 2.75) is 38.0 Å². The van der Waals surface area contributed by atoms with Crippen LogP contribution in [-0.4, -0.2) is 20.5 Å². The Labute approximate surface area is 130 Å². The molecule has 0 unspecified atom stereocenters. The Kier molecular flexibility index (Phi) is 6.28. The van der Waals surface area contributed by atoms with Gasteiger partial charge in [0.15, 0.2) is 0 Å². The van der Waals surface area contributed by atoms with Gasteiger partial charge in [0.1, 0.15) is 0 Å². The van der Waals surface area contributed by atoms with E-state index in [1.54, 1.807) is 18.2 Å². The van der Waals surface area contributed by atoms with E-state index in [1.807, 2.05) is 13.8 Å². The fourth-order valence-corrected chi connectivity index (χ4v) is 4.44. The van der Waals surface area contributed by atoms with Crippen LogP contribution in [0.1, 0.15) is 32.3 Å². The van der Waals surface area contributed by atoms with E-state index in [1.165, 1.54) is 0 Å². The first-order valence-electron chi connectivity index (χ1n) is 6.43. The van der Waals surface area contributed by atoms with Crippen LogP contribution >= 0.6 is 23.2 Å². The third-order valence-electron chi connectivity index (χ3n) is 3.51. The summed E-state index contributed by atoms with van der Waals surface area (Å²) in [6.45, 7) is 4.05. The van der Waals surface area contributed by atoms with Crippen molar-refractivity contribution >= 4 is 33.2 Å². The molecule has 0 fully saturated rings. The van der Waals surface area contributed by atoms with Crippen LogP contribution in [0.5, 0.6) is 0 Å². The van der Waals surface area contributed by atoms with E-state index in [4.69, 9.17) is 28.9 Å². The van der Waals surface area contributed by atoms with Gasteiger partial charge in [0.25, 0.3) is 0 Å². The van der Waals surface area contributed by atoms with Crippen LogP contribution in [0.25, 0.3) is 0 Å². The number of hydrogen-bond acceptors (Lipinski definition) is 3. The molecule has 1 aromatic carbocycles. The number of halogens is 2. The Bertz CT molecular complexity index is 529. The molecule has 0 bridgehead atoms. The quantitative estimate of drug-likeness (QED) is 0.802. The molecule has 7 heteroatoms. The lowest BCUT2D eigenvalue weighted by molar-refractivity contribution is 0.363. The Hall–Kier alpha value is -0.330. The van der Waals surface area contributed by atoms with Crippen LogP contribution in [0.2, 0.25) is 10.0 Å². The lowest BCUT2D eigenvalue weighted by Gasteiger charge is -2.31. The molecule has 1 rings (SSSR count). The maximum absolute atomic E-state index is 12.3. The molecular formula is C13H20Cl2N2O2S. The number of rotatable bonds is 7. The molecular weight excluding hydrogens is 319 g/mol. The SMILES string of the molecule is CCC(CC)(CN)NS(=O)(=O)Cc1c(Cl)cccc1Cl. The molecule has 114 valence electrons. The molecule has 0 aromatic heterocycles. The summed E-state index contributed by atoms with van der Waals surface area (Å²) in [5, 5.41) is 0.684. The minimum atomic E-state index is -3.57. The molecule has 20 heavy (non-hydrogen) atoms. The molecule has 0 atom stereocenters. The van der Waals surface area contributed by atoms with Crippen LogP contribution in [0.15, 0.2) is 18.2 Å². The van der Waals surface area contributed by atoms with Crippen molar-refractivity contribution in [1.82, 2.24) is 4.72 Å². The zero-order valence-electron chi connectivity index (χ0n) is 11.6. The Morgan fingerprint density at radius 2 is 1.70 bits per heavy atom. The predicted octanol–water partition coefficient (Wildman–Crippen LogP) is 2.93. The van der Waals surface area contributed by atoms with Crippen LogP contribution in [0, 0.1) is 0 Å². The lowest BCUT2D eigenvalue weighted by atomic mass is 9.95. The zero-order chi connectivity index (χ0) is 15.4. The molecule has 0 amide bonds. The summed E-state index contributed by atoms with van der Waals surface area (Å²) in [5.74, 6) is -0.257. The highest BCUT2D eigenvalue weighted by Gasteiger charge is 2.30. The minimum Gasteiger partial charge on any atom is -0.329 e. The van der Waals surface area contributed by atoms with Crippen molar-refractivity contribution in [2.24, 2.45) is 5.73 Å². The molecule has 0 aliphatic carbocycles. The maximum Gasteiger partial charge on any atom is 0.216 e. The first kappa shape index (κ1) is 17.7. The maximum atomic E-state index is 12.3. The van der Waals surface area contributed by atoms with Gasteiger partial charge in [0, 0.05) is 27.7 Å². The molecule has 0 aliphatic heterocycles. The van der Waals surface area contributed by atoms with Crippen LogP contribution in [-0.2, 0) is 15.8 Å². The van der Waals surface area contributed by atoms with Gasteiger partial charge < -0.3 is 5.73 Å². The summed E-state index contributed by atoms with van der Waals surface area (Å²) in [6, 6.07) is 4.92. The summed E-state index contributed by atoms with van der Waals surface area (Å²) >= 11 is 12.0. The van der Waals surface area contributed by atoms with Gasteiger partial charge in [-0.1, -0.05) is 43.1 Å². The Balaban J connectivity index is 3.01. The summed E-state index contributed by atoms with van der Waals surface area (Å²) in [5.41, 5.74) is 5.50. The molecule has 3 N–H and O–H groups in total. The molecule has 0 heterocycles. The first-order valence-corrected chi connectivity index (χ1v) is 8.84. The van der Waals surface area contributed by atoms with E-state index < -0.39 is 15.6 Å². The average molecular weight is 339 g/mol. The van der Waals surface area contributed by atoms with Crippen molar-refractivity contribution in [3.05, 3.63) is 33.8 Å². The molecule has 4 nitrogen and oxygen atoms in total. The minimum absolute atomic E-state index is 0.246. The smallest absolute Gasteiger partial charge is 0.216 e. The van der Waals surface area contributed by atoms with E-state index in [0.29, 0.717) is 28.5 Å². The van der Waals surface area contributed by atoms with Gasteiger partial charge in [-0.25, -0.2) is 13.1 Å². The van der Waals surface area contributed by atoms with Gasteiger partial charge in [-0.2, -0.15) is 0 Å². The van der Waals surface area contributed by atoms with Gasteiger partial charge >= 0.3 is 0 Å². The molecule has 1 aromatic rings. The van der Waals surface area contributed by atoms with Crippen LogP contribution < -0.4 is 10.5 Å². The number of nitrogens with one attached hydrogen (secondary N) is 1. The molecule has 0 saturated heterocycles. The topological polar surface area (TPSA) is 72.2 Å². The Morgan fingerprint density at radius 3 is 2.10 bits per heavy atom. The van der Waals surface area contributed by atoms with Gasteiger partial charge in [-0.15, -0.1) is 0 Å². The first-order chi connectivity index (χ1) is 9.29. The van der Waals surface area contributed by atoms with E-state index in [9.17, 15) is 8.42 Å². The molecule has 0 saturated carbocycles. The van der Waals surface area contributed by atoms with Crippen molar-refractivity contribution in [3.63, 3.8) is 0 Å². The van der Waals surface area contributed by atoms with Crippen molar-refractivity contribution in [3.8, 4) is 0 Å². The highest BCUT2D eigenvalue weighted by molar-refractivity contribution is 7.88. The van der Waals surface area contributed by atoms with E-state index in [-0.39, 0.29) is 12.3 Å².